The van der Waals surface area contributed by atoms with Gasteiger partial charge in [-0.3, -0.25) is 4.79 Å². The summed E-state index contributed by atoms with van der Waals surface area (Å²) < 4.78 is 0. The molecule has 0 aromatic heterocycles. The highest BCUT2D eigenvalue weighted by Gasteiger charge is 2.21. The van der Waals surface area contributed by atoms with E-state index in [-0.39, 0.29) is 5.91 Å². The Morgan fingerprint density at radius 1 is 1.42 bits per heavy atom. The molecule has 0 radical (unpaired) electrons. The highest BCUT2D eigenvalue weighted by Crippen LogP contribution is 2.29. The lowest BCUT2D eigenvalue weighted by Gasteiger charge is -2.30. The number of anilines is 1. The topological polar surface area (TPSA) is 46.3 Å². The van der Waals surface area contributed by atoms with E-state index in [0.29, 0.717) is 6.42 Å². The Hall–Kier alpha value is -1.35. The molecule has 2 N–H and O–H groups in total. The summed E-state index contributed by atoms with van der Waals surface area (Å²) in [7, 11) is 0. The van der Waals surface area contributed by atoms with Crippen LogP contribution in [0.5, 0.6) is 0 Å². The fourth-order valence-corrected chi connectivity index (χ4v) is 2.72. The average molecular weight is 260 g/mol. The van der Waals surface area contributed by atoms with Crippen LogP contribution in [-0.2, 0) is 17.6 Å². The molecule has 19 heavy (non-hydrogen) atoms. The minimum atomic E-state index is 0.262. The Labute approximate surface area is 115 Å². The van der Waals surface area contributed by atoms with Crippen molar-refractivity contribution >= 4 is 11.6 Å². The number of nitrogens with zero attached hydrogens (tertiary/aromatic N) is 1. The van der Waals surface area contributed by atoms with Gasteiger partial charge in [-0.1, -0.05) is 19.1 Å². The second-order valence-corrected chi connectivity index (χ2v) is 5.25. The van der Waals surface area contributed by atoms with Crippen molar-refractivity contribution in [3.05, 3.63) is 29.3 Å². The lowest BCUT2D eigenvalue weighted by Crippen LogP contribution is -2.35. The summed E-state index contributed by atoms with van der Waals surface area (Å²) in [6, 6.07) is 6.52. The van der Waals surface area contributed by atoms with E-state index in [9.17, 15) is 4.79 Å². The van der Waals surface area contributed by atoms with Crippen molar-refractivity contribution < 1.29 is 4.79 Å². The predicted molar refractivity (Wildman–Crippen MR) is 79.4 cm³/mol. The number of aryl methyl sites for hydroxylation is 2. The maximum Gasteiger partial charge on any atom is 0.226 e. The molecule has 1 heterocycles. The first kappa shape index (κ1) is 14.1. The molecule has 1 amide bonds. The second-order valence-electron chi connectivity index (χ2n) is 5.25. The van der Waals surface area contributed by atoms with Gasteiger partial charge in [-0.25, -0.2) is 0 Å². The predicted octanol–water partition coefficient (Wildman–Crippen LogP) is 2.66. The van der Waals surface area contributed by atoms with Gasteiger partial charge >= 0.3 is 0 Å². The van der Waals surface area contributed by atoms with Crippen LogP contribution in [0.4, 0.5) is 5.69 Å². The van der Waals surface area contributed by atoms with Gasteiger partial charge in [0, 0.05) is 18.7 Å². The summed E-state index contributed by atoms with van der Waals surface area (Å²) in [4.78, 5) is 14.1. The molecule has 0 bridgehead atoms. The van der Waals surface area contributed by atoms with E-state index in [1.54, 1.807) is 0 Å². The third-order valence-corrected chi connectivity index (χ3v) is 3.70. The summed E-state index contributed by atoms with van der Waals surface area (Å²) in [5.41, 5.74) is 9.35. The highest BCUT2D eigenvalue weighted by atomic mass is 16.2. The van der Waals surface area contributed by atoms with Gasteiger partial charge < -0.3 is 10.6 Å². The van der Waals surface area contributed by atoms with Gasteiger partial charge in [0.25, 0.3) is 0 Å². The van der Waals surface area contributed by atoms with Gasteiger partial charge in [0.05, 0.1) is 0 Å². The fourth-order valence-electron chi connectivity index (χ4n) is 2.72. The van der Waals surface area contributed by atoms with E-state index in [1.165, 1.54) is 11.1 Å². The van der Waals surface area contributed by atoms with Crippen molar-refractivity contribution in [3.63, 3.8) is 0 Å². The van der Waals surface area contributed by atoms with Crippen molar-refractivity contribution in [1.29, 1.82) is 0 Å². The molecule has 2 rings (SSSR count). The molecule has 1 aromatic rings. The van der Waals surface area contributed by atoms with E-state index >= 15 is 0 Å². The first-order valence-electron chi connectivity index (χ1n) is 7.38. The third kappa shape index (κ3) is 3.35. The normalized spacial score (nSPS) is 14.3. The monoisotopic (exact) mass is 260 g/mol. The van der Waals surface area contributed by atoms with Crippen LogP contribution >= 0.6 is 0 Å². The molecule has 0 saturated carbocycles. The SMILES string of the molecule is CCCC(=O)N1CCCc2cc(CCCN)ccc21. The molecule has 1 aromatic carbocycles. The molecule has 0 unspecified atom stereocenters. The minimum absolute atomic E-state index is 0.262. The van der Waals surface area contributed by atoms with Crippen LogP contribution in [0.15, 0.2) is 18.2 Å². The molecular weight excluding hydrogens is 236 g/mol. The summed E-state index contributed by atoms with van der Waals surface area (Å²) >= 11 is 0. The number of carbonyl (C=O) groups is 1. The number of benzene rings is 1. The molecule has 1 aliphatic heterocycles. The molecule has 0 spiro atoms. The number of fused-ring (bicyclic) bond motifs is 1. The summed E-state index contributed by atoms with van der Waals surface area (Å²) in [6.45, 7) is 3.66. The first-order valence-corrected chi connectivity index (χ1v) is 7.38. The number of carbonyl (C=O) groups excluding carboxylic acids is 1. The maximum atomic E-state index is 12.1. The van der Waals surface area contributed by atoms with Crippen LogP contribution < -0.4 is 10.6 Å². The molecule has 1 aliphatic rings. The third-order valence-electron chi connectivity index (χ3n) is 3.70. The molecule has 3 heteroatoms. The lowest BCUT2D eigenvalue weighted by atomic mass is 9.97. The Kier molecular flexibility index (Phi) is 4.97. The number of nitrogens with two attached hydrogens (primary N) is 1. The van der Waals surface area contributed by atoms with Crippen LogP contribution in [0.3, 0.4) is 0 Å². The first-order chi connectivity index (χ1) is 9.26. The van der Waals surface area contributed by atoms with Crippen LogP contribution in [0.25, 0.3) is 0 Å². The highest BCUT2D eigenvalue weighted by molar-refractivity contribution is 5.94. The Bertz CT molecular complexity index is 442. The molecule has 0 fully saturated rings. The van der Waals surface area contributed by atoms with Crippen LogP contribution in [0, 0.1) is 0 Å². The van der Waals surface area contributed by atoms with Gasteiger partial charge in [0.2, 0.25) is 5.91 Å². The molecule has 0 atom stereocenters. The van der Waals surface area contributed by atoms with Crippen molar-refractivity contribution in [1.82, 2.24) is 0 Å². The van der Waals surface area contributed by atoms with Crippen molar-refractivity contribution in [3.8, 4) is 0 Å². The maximum absolute atomic E-state index is 12.1. The Morgan fingerprint density at radius 3 is 3.00 bits per heavy atom. The molecule has 3 nitrogen and oxygen atoms in total. The molecule has 0 saturated heterocycles. The zero-order valence-corrected chi connectivity index (χ0v) is 11.8. The number of hydrogen-bond acceptors (Lipinski definition) is 2. The molecule has 0 aliphatic carbocycles. The zero-order valence-electron chi connectivity index (χ0n) is 11.8. The largest absolute Gasteiger partial charge is 0.330 e. The number of hydrogen-bond donors (Lipinski definition) is 1. The van der Waals surface area contributed by atoms with E-state index in [1.807, 2.05) is 4.90 Å². The summed E-state index contributed by atoms with van der Waals surface area (Å²) in [6.07, 6.45) is 5.78. The van der Waals surface area contributed by atoms with Crippen LogP contribution in [-0.4, -0.2) is 19.0 Å². The van der Waals surface area contributed by atoms with Crippen molar-refractivity contribution in [2.24, 2.45) is 5.73 Å². The lowest BCUT2D eigenvalue weighted by molar-refractivity contribution is -0.118. The van der Waals surface area contributed by atoms with Crippen LogP contribution in [0.2, 0.25) is 0 Å². The standard InChI is InChI=1S/C16H24N2O/c1-2-5-16(19)18-11-4-7-14-12-13(6-3-10-17)8-9-15(14)18/h8-9,12H,2-7,10-11,17H2,1H3. The summed E-state index contributed by atoms with van der Waals surface area (Å²) in [5.74, 6) is 0.262. The van der Waals surface area contributed by atoms with Gasteiger partial charge in [0.1, 0.15) is 0 Å². The van der Waals surface area contributed by atoms with E-state index in [0.717, 1.165) is 50.9 Å². The average Bonchev–Trinajstić information content (AvgIpc) is 2.44. The fraction of sp³-hybridized carbons (Fsp3) is 0.562. The quantitative estimate of drug-likeness (QED) is 0.884. The van der Waals surface area contributed by atoms with Crippen molar-refractivity contribution in [2.45, 2.75) is 45.4 Å². The van der Waals surface area contributed by atoms with Gasteiger partial charge in [-0.2, -0.15) is 0 Å². The van der Waals surface area contributed by atoms with Crippen molar-refractivity contribution in [2.75, 3.05) is 18.0 Å². The Morgan fingerprint density at radius 2 is 2.26 bits per heavy atom. The van der Waals surface area contributed by atoms with Crippen LogP contribution in [0.1, 0.15) is 43.7 Å². The second kappa shape index (κ2) is 6.71. The molecule has 104 valence electrons. The van der Waals surface area contributed by atoms with Gasteiger partial charge in [-0.15, -0.1) is 0 Å². The van der Waals surface area contributed by atoms with Gasteiger partial charge in [-0.05, 0) is 55.8 Å². The van der Waals surface area contributed by atoms with E-state index < -0.39 is 0 Å². The minimum Gasteiger partial charge on any atom is -0.330 e. The smallest absolute Gasteiger partial charge is 0.226 e. The Balaban J connectivity index is 2.18. The number of amides is 1. The van der Waals surface area contributed by atoms with E-state index in [4.69, 9.17) is 5.73 Å². The molecular formula is C16H24N2O. The summed E-state index contributed by atoms with van der Waals surface area (Å²) in [5, 5.41) is 0. The zero-order chi connectivity index (χ0) is 13.7. The number of rotatable bonds is 5. The van der Waals surface area contributed by atoms with Gasteiger partial charge in [0.15, 0.2) is 0 Å². The van der Waals surface area contributed by atoms with E-state index in [2.05, 4.69) is 25.1 Å².